The highest BCUT2D eigenvalue weighted by molar-refractivity contribution is 6.00. The number of anilines is 1. The molecule has 1 heterocycles. The predicted molar refractivity (Wildman–Crippen MR) is 77.5 cm³/mol. The molecule has 2 aliphatic rings. The Morgan fingerprint density at radius 1 is 1.25 bits per heavy atom. The molecule has 1 N–H and O–H groups in total. The molecule has 0 radical (unpaired) electrons. The van der Waals surface area contributed by atoms with Gasteiger partial charge in [-0.05, 0) is 30.5 Å². The average molecular weight is 272 g/mol. The molecule has 4 nitrogen and oxygen atoms in total. The van der Waals surface area contributed by atoms with Crippen LogP contribution in [0, 0.1) is 0 Å². The fourth-order valence-corrected chi connectivity index (χ4v) is 3.29. The van der Waals surface area contributed by atoms with Gasteiger partial charge in [0.25, 0.3) is 5.91 Å². The summed E-state index contributed by atoms with van der Waals surface area (Å²) in [6.07, 6.45) is 5.98. The molecule has 0 spiro atoms. The number of nitrogens with zero attached hydrogens (tertiary/aromatic N) is 1. The maximum Gasteiger partial charge on any atom is 0.254 e. The maximum absolute atomic E-state index is 12.5. The maximum atomic E-state index is 12.5. The molecule has 1 saturated carbocycles. The second-order valence-corrected chi connectivity index (χ2v) is 5.78. The van der Waals surface area contributed by atoms with Gasteiger partial charge in [-0.3, -0.25) is 9.59 Å². The summed E-state index contributed by atoms with van der Waals surface area (Å²) in [6, 6.07) is 6.04. The number of hydrogen-bond acceptors (Lipinski definition) is 2. The summed E-state index contributed by atoms with van der Waals surface area (Å²) in [5.74, 6) is 0.0126. The Hall–Kier alpha value is -1.84. The molecule has 0 atom stereocenters. The van der Waals surface area contributed by atoms with Gasteiger partial charge in [0.15, 0.2) is 0 Å². The van der Waals surface area contributed by atoms with E-state index in [0.717, 1.165) is 30.5 Å². The first-order chi connectivity index (χ1) is 9.65. The zero-order valence-electron chi connectivity index (χ0n) is 11.8. The van der Waals surface area contributed by atoms with E-state index in [9.17, 15) is 9.59 Å². The molecule has 106 valence electrons. The Morgan fingerprint density at radius 2 is 2.00 bits per heavy atom. The number of hydrogen-bond donors (Lipinski definition) is 1. The van der Waals surface area contributed by atoms with Crippen molar-refractivity contribution in [3.63, 3.8) is 0 Å². The van der Waals surface area contributed by atoms with Crippen molar-refractivity contribution in [2.75, 3.05) is 5.32 Å². The van der Waals surface area contributed by atoms with Gasteiger partial charge in [-0.1, -0.05) is 25.3 Å². The third kappa shape index (κ3) is 2.42. The summed E-state index contributed by atoms with van der Waals surface area (Å²) in [4.78, 5) is 25.7. The van der Waals surface area contributed by atoms with Crippen molar-refractivity contribution >= 4 is 17.5 Å². The molecule has 1 aromatic carbocycles. The molecule has 0 unspecified atom stereocenters. The van der Waals surface area contributed by atoms with E-state index < -0.39 is 0 Å². The Labute approximate surface area is 119 Å². The first kappa shape index (κ1) is 13.2. The zero-order valence-corrected chi connectivity index (χ0v) is 11.8. The predicted octanol–water partition coefficient (Wildman–Crippen LogP) is 2.93. The van der Waals surface area contributed by atoms with E-state index in [1.165, 1.54) is 26.2 Å². The Bertz CT molecular complexity index is 547. The van der Waals surface area contributed by atoms with Crippen molar-refractivity contribution in [1.29, 1.82) is 0 Å². The number of rotatable bonds is 2. The van der Waals surface area contributed by atoms with Gasteiger partial charge in [-0.25, -0.2) is 0 Å². The third-order valence-corrected chi connectivity index (χ3v) is 4.28. The molecule has 1 aromatic rings. The summed E-state index contributed by atoms with van der Waals surface area (Å²) in [5, 5.41) is 2.74. The van der Waals surface area contributed by atoms with Crippen LogP contribution in [0.5, 0.6) is 0 Å². The van der Waals surface area contributed by atoms with E-state index in [1.54, 1.807) is 0 Å². The normalized spacial score (nSPS) is 19.1. The van der Waals surface area contributed by atoms with Crippen molar-refractivity contribution in [1.82, 2.24) is 4.90 Å². The van der Waals surface area contributed by atoms with Crippen LogP contribution >= 0.6 is 0 Å². The van der Waals surface area contributed by atoms with Crippen LogP contribution in [0.2, 0.25) is 0 Å². The van der Waals surface area contributed by atoms with Crippen LogP contribution in [0.1, 0.15) is 54.9 Å². The van der Waals surface area contributed by atoms with E-state index in [0.29, 0.717) is 11.7 Å². The fourth-order valence-electron chi connectivity index (χ4n) is 3.29. The molecular weight excluding hydrogens is 252 g/mol. The van der Waals surface area contributed by atoms with Gasteiger partial charge in [0.2, 0.25) is 5.91 Å². The zero-order chi connectivity index (χ0) is 14.1. The molecular formula is C16H20N2O2. The van der Waals surface area contributed by atoms with Crippen molar-refractivity contribution in [3.05, 3.63) is 29.3 Å². The monoisotopic (exact) mass is 272 g/mol. The quantitative estimate of drug-likeness (QED) is 0.900. The number of fused-ring (bicyclic) bond motifs is 1. The van der Waals surface area contributed by atoms with E-state index in [4.69, 9.17) is 0 Å². The minimum absolute atomic E-state index is 0.112. The second kappa shape index (κ2) is 5.27. The average Bonchev–Trinajstić information content (AvgIpc) is 2.76. The number of carbonyl (C=O) groups is 2. The molecule has 0 aromatic heterocycles. The minimum atomic E-state index is -0.112. The summed E-state index contributed by atoms with van der Waals surface area (Å²) in [6.45, 7) is 2.20. The van der Waals surface area contributed by atoms with Crippen molar-refractivity contribution < 1.29 is 9.59 Å². The van der Waals surface area contributed by atoms with E-state index in [1.807, 2.05) is 23.1 Å². The van der Waals surface area contributed by atoms with Crippen LogP contribution in [0.3, 0.4) is 0 Å². The lowest BCUT2D eigenvalue weighted by atomic mass is 9.94. The topological polar surface area (TPSA) is 49.4 Å². The lowest BCUT2D eigenvalue weighted by Crippen LogP contribution is -2.36. The highest BCUT2D eigenvalue weighted by Crippen LogP contribution is 2.32. The van der Waals surface area contributed by atoms with Crippen LogP contribution in [0.4, 0.5) is 5.69 Å². The standard InChI is InChI=1S/C16H20N2O2/c1-11(19)17-13-8-7-12-10-18(16(20)15(12)9-13)14-5-3-2-4-6-14/h7-9,14H,2-6,10H2,1H3,(H,17,19). The van der Waals surface area contributed by atoms with Gasteiger partial charge in [0.1, 0.15) is 0 Å². The first-order valence-electron chi connectivity index (χ1n) is 7.36. The van der Waals surface area contributed by atoms with Crippen LogP contribution in [0.25, 0.3) is 0 Å². The molecule has 1 aliphatic heterocycles. The van der Waals surface area contributed by atoms with E-state index in [-0.39, 0.29) is 11.8 Å². The van der Waals surface area contributed by atoms with Gasteiger partial charge in [-0.15, -0.1) is 0 Å². The number of amides is 2. The third-order valence-electron chi connectivity index (χ3n) is 4.28. The molecule has 2 amide bonds. The van der Waals surface area contributed by atoms with Crippen molar-refractivity contribution in [3.8, 4) is 0 Å². The summed E-state index contributed by atoms with van der Waals surface area (Å²) in [7, 11) is 0. The SMILES string of the molecule is CC(=O)Nc1ccc2c(c1)C(=O)N(C1CCCCC1)C2. The molecule has 4 heteroatoms. The molecule has 1 fully saturated rings. The van der Waals surface area contributed by atoms with Crippen LogP contribution in [-0.4, -0.2) is 22.8 Å². The molecule has 1 aliphatic carbocycles. The smallest absolute Gasteiger partial charge is 0.254 e. The van der Waals surface area contributed by atoms with Crippen LogP contribution < -0.4 is 5.32 Å². The lowest BCUT2D eigenvalue weighted by molar-refractivity contribution is -0.114. The summed E-state index contributed by atoms with van der Waals surface area (Å²) in [5.41, 5.74) is 2.53. The molecule has 20 heavy (non-hydrogen) atoms. The molecule has 0 saturated heterocycles. The van der Waals surface area contributed by atoms with Crippen LogP contribution in [-0.2, 0) is 11.3 Å². The molecule has 3 rings (SSSR count). The minimum Gasteiger partial charge on any atom is -0.331 e. The van der Waals surface area contributed by atoms with E-state index in [2.05, 4.69) is 5.32 Å². The Morgan fingerprint density at radius 3 is 2.70 bits per heavy atom. The highest BCUT2D eigenvalue weighted by atomic mass is 16.2. The number of nitrogens with one attached hydrogen (secondary N) is 1. The summed E-state index contributed by atoms with van der Waals surface area (Å²) < 4.78 is 0. The summed E-state index contributed by atoms with van der Waals surface area (Å²) >= 11 is 0. The van der Waals surface area contributed by atoms with Gasteiger partial charge in [-0.2, -0.15) is 0 Å². The van der Waals surface area contributed by atoms with Gasteiger partial charge < -0.3 is 10.2 Å². The Balaban J connectivity index is 1.81. The number of benzene rings is 1. The second-order valence-electron chi connectivity index (χ2n) is 5.78. The fraction of sp³-hybridized carbons (Fsp3) is 0.500. The van der Waals surface area contributed by atoms with Gasteiger partial charge in [0.05, 0.1) is 0 Å². The lowest BCUT2D eigenvalue weighted by Gasteiger charge is -2.30. The van der Waals surface area contributed by atoms with Gasteiger partial charge >= 0.3 is 0 Å². The van der Waals surface area contributed by atoms with E-state index >= 15 is 0 Å². The van der Waals surface area contributed by atoms with Crippen LogP contribution in [0.15, 0.2) is 18.2 Å². The Kier molecular flexibility index (Phi) is 3.47. The molecule has 0 bridgehead atoms. The van der Waals surface area contributed by atoms with Gasteiger partial charge in [0, 0.05) is 30.8 Å². The largest absolute Gasteiger partial charge is 0.331 e. The van der Waals surface area contributed by atoms with Crippen molar-refractivity contribution in [2.24, 2.45) is 0 Å². The number of carbonyl (C=O) groups excluding carboxylic acids is 2. The first-order valence-corrected chi connectivity index (χ1v) is 7.36. The highest BCUT2D eigenvalue weighted by Gasteiger charge is 2.33. The van der Waals surface area contributed by atoms with Crippen molar-refractivity contribution in [2.45, 2.75) is 51.6 Å².